The van der Waals surface area contributed by atoms with E-state index in [2.05, 4.69) is 55.1 Å². The number of thioether (sulfide) groups is 2. The zero-order valence-corrected chi connectivity index (χ0v) is 16.9. The SMILES string of the molecule is CCCC1(CC)CSc2cc(O)c(SC)cc2N(c2ccccc2)C1. The fourth-order valence-electron chi connectivity index (χ4n) is 3.64. The van der Waals surface area contributed by atoms with Crippen LogP contribution in [0.5, 0.6) is 5.75 Å². The Kier molecular flexibility index (Phi) is 5.90. The van der Waals surface area contributed by atoms with Crippen LogP contribution in [0.2, 0.25) is 0 Å². The van der Waals surface area contributed by atoms with Crippen LogP contribution in [0.3, 0.4) is 0 Å². The number of fused-ring (bicyclic) bond motifs is 1. The van der Waals surface area contributed by atoms with E-state index in [1.54, 1.807) is 11.8 Å². The highest BCUT2D eigenvalue weighted by atomic mass is 32.2. The van der Waals surface area contributed by atoms with Crippen LogP contribution >= 0.6 is 23.5 Å². The highest BCUT2D eigenvalue weighted by Crippen LogP contribution is 2.49. The third kappa shape index (κ3) is 3.80. The number of benzene rings is 2. The van der Waals surface area contributed by atoms with E-state index in [1.807, 2.05) is 24.1 Å². The first-order valence-electron chi connectivity index (χ1n) is 8.99. The molecule has 0 aromatic heterocycles. The summed E-state index contributed by atoms with van der Waals surface area (Å²) < 4.78 is 0. The summed E-state index contributed by atoms with van der Waals surface area (Å²) in [5.41, 5.74) is 2.76. The molecule has 1 heterocycles. The van der Waals surface area contributed by atoms with Crippen molar-refractivity contribution in [1.29, 1.82) is 0 Å². The molecule has 1 atom stereocenters. The molecule has 25 heavy (non-hydrogen) atoms. The number of anilines is 2. The van der Waals surface area contributed by atoms with Gasteiger partial charge in [-0.3, -0.25) is 0 Å². The molecule has 1 aliphatic heterocycles. The van der Waals surface area contributed by atoms with Gasteiger partial charge in [0.2, 0.25) is 0 Å². The molecule has 1 unspecified atom stereocenters. The standard InChI is InChI=1S/C21H27NOS2/c1-4-11-21(5-2)14-22(16-9-7-6-8-10-16)17-12-20(24-3)18(23)13-19(17)25-15-21/h6-10,12-13,23H,4-5,11,14-15H2,1-3H3. The molecule has 0 amide bonds. The number of phenols is 1. The lowest BCUT2D eigenvalue weighted by Gasteiger charge is -2.36. The zero-order valence-electron chi connectivity index (χ0n) is 15.3. The number of hydrogen-bond donors (Lipinski definition) is 1. The number of phenolic OH excluding ortho intramolecular Hbond substituents is 1. The van der Waals surface area contributed by atoms with E-state index in [0.29, 0.717) is 11.2 Å². The first-order chi connectivity index (χ1) is 12.1. The van der Waals surface area contributed by atoms with Gasteiger partial charge in [-0.2, -0.15) is 0 Å². The second kappa shape index (κ2) is 7.96. The summed E-state index contributed by atoms with van der Waals surface area (Å²) in [6.45, 7) is 5.63. The molecule has 0 saturated heterocycles. The molecule has 0 saturated carbocycles. The highest BCUT2D eigenvalue weighted by molar-refractivity contribution is 7.99. The highest BCUT2D eigenvalue weighted by Gasteiger charge is 2.35. The lowest BCUT2D eigenvalue weighted by Crippen LogP contribution is -2.35. The predicted molar refractivity (Wildman–Crippen MR) is 112 cm³/mol. The van der Waals surface area contributed by atoms with Crippen molar-refractivity contribution in [3.63, 3.8) is 0 Å². The first-order valence-corrected chi connectivity index (χ1v) is 11.2. The maximum atomic E-state index is 10.4. The van der Waals surface area contributed by atoms with Crippen LogP contribution in [0.15, 0.2) is 52.3 Å². The van der Waals surface area contributed by atoms with E-state index < -0.39 is 0 Å². The number of aromatic hydroxyl groups is 1. The molecule has 3 rings (SSSR count). The molecule has 2 nitrogen and oxygen atoms in total. The summed E-state index contributed by atoms with van der Waals surface area (Å²) in [7, 11) is 0. The summed E-state index contributed by atoms with van der Waals surface area (Å²) in [5.74, 6) is 1.50. The van der Waals surface area contributed by atoms with Gasteiger partial charge in [0.15, 0.2) is 0 Å². The Morgan fingerprint density at radius 1 is 1.20 bits per heavy atom. The summed E-state index contributed by atoms with van der Waals surface area (Å²) in [6, 6.07) is 14.8. The molecule has 134 valence electrons. The van der Waals surface area contributed by atoms with Crippen LogP contribution in [0.25, 0.3) is 0 Å². The minimum atomic E-state index is 0.295. The van der Waals surface area contributed by atoms with Crippen molar-refractivity contribution in [3.8, 4) is 5.75 Å². The van der Waals surface area contributed by atoms with Crippen molar-refractivity contribution in [2.24, 2.45) is 5.41 Å². The molecular weight excluding hydrogens is 346 g/mol. The molecule has 0 radical (unpaired) electrons. The lowest BCUT2D eigenvalue weighted by molar-refractivity contribution is 0.301. The van der Waals surface area contributed by atoms with Crippen LogP contribution < -0.4 is 4.90 Å². The monoisotopic (exact) mass is 373 g/mol. The molecule has 0 spiro atoms. The third-order valence-corrected chi connectivity index (χ3v) is 7.34. The Labute approximate surface area is 160 Å². The minimum absolute atomic E-state index is 0.295. The Morgan fingerprint density at radius 2 is 1.96 bits per heavy atom. The van der Waals surface area contributed by atoms with Gasteiger partial charge >= 0.3 is 0 Å². The van der Waals surface area contributed by atoms with Crippen LogP contribution in [0.4, 0.5) is 11.4 Å². The fourth-order valence-corrected chi connectivity index (χ4v) is 5.55. The van der Waals surface area contributed by atoms with E-state index in [0.717, 1.165) is 17.2 Å². The van der Waals surface area contributed by atoms with Crippen molar-refractivity contribution >= 4 is 34.9 Å². The number of hydrogen-bond acceptors (Lipinski definition) is 4. The molecule has 0 aliphatic carbocycles. The molecule has 0 fully saturated rings. The number of rotatable bonds is 5. The Morgan fingerprint density at radius 3 is 2.60 bits per heavy atom. The van der Waals surface area contributed by atoms with Crippen LogP contribution in [-0.2, 0) is 0 Å². The normalized spacial score (nSPS) is 20.2. The van der Waals surface area contributed by atoms with Crippen molar-refractivity contribution in [3.05, 3.63) is 42.5 Å². The summed E-state index contributed by atoms with van der Waals surface area (Å²) in [5, 5.41) is 10.4. The predicted octanol–water partition coefficient (Wildman–Crippen LogP) is 6.55. The second-order valence-corrected chi connectivity index (χ2v) is 8.67. The fraction of sp³-hybridized carbons (Fsp3) is 0.429. The van der Waals surface area contributed by atoms with E-state index in [1.165, 1.54) is 35.5 Å². The molecule has 2 aromatic carbocycles. The summed E-state index contributed by atoms with van der Waals surface area (Å²) >= 11 is 3.50. The zero-order chi connectivity index (χ0) is 17.9. The van der Waals surface area contributed by atoms with Crippen molar-refractivity contribution in [1.82, 2.24) is 0 Å². The minimum Gasteiger partial charge on any atom is -0.507 e. The van der Waals surface area contributed by atoms with Crippen molar-refractivity contribution in [2.45, 2.75) is 42.9 Å². The molecule has 4 heteroatoms. The van der Waals surface area contributed by atoms with Gasteiger partial charge in [-0.05, 0) is 48.8 Å². The Hall–Kier alpha value is -1.26. The maximum Gasteiger partial charge on any atom is 0.130 e. The van der Waals surface area contributed by atoms with Crippen molar-refractivity contribution < 1.29 is 5.11 Å². The average molecular weight is 374 g/mol. The van der Waals surface area contributed by atoms with Gasteiger partial charge in [0.1, 0.15) is 5.75 Å². The Balaban J connectivity index is 2.13. The summed E-state index contributed by atoms with van der Waals surface area (Å²) in [4.78, 5) is 4.60. The maximum absolute atomic E-state index is 10.4. The van der Waals surface area contributed by atoms with E-state index in [4.69, 9.17) is 0 Å². The average Bonchev–Trinajstić information content (AvgIpc) is 2.80. The van der Waals surface area contributed by atoms with Crippen LogP contribution in [-0.4, -0.2) is 23.7 Å². The van der Waals surface area contributed by atoms with Gasteiger partial charge in [-0.15, -0.1) is 23.5 Å². The molecule has 1 N–H and O–H groups in total. The van der Waals surface area contributed by atoms with Gasteiger partial charge in [0, 0.05) is 22.9 Å². The van der Waals surface area contributed by atoms with E-state index in [9.17, 15) is 5.11 Å². The molecular formula is C21H27NOS2. The second-order valence-electron chi connectivity index (χ2n) is 6.81. The number of nitrogens with zero attached hydrogens (tertiary/aromatic N) is 1. The van der Waals surface area contributed by atoms with Crippen molar-refractivity contribution in [2.75, 3.05) is 23.5 Å². The van der Waals surface area contributed by atoms with E-state index >= 15 is 0 Å². The molecule has 2 aromatic rings. The third-order valence-electron chi connectivity index (χ3n) is 5.18. The smallest absolute Gasteiger partial charge is 0.130 e. The summed E-state index contributed by atoms with van der Waals surface area (Å²) in [6.07, 6.45) is 5.63. The number of para-hydroxylation sites is 1. The van der Waals surface area contributed by atoms with Gasteiger partial charge in [-0.1, -0.05) is 38.5 Å². The topological polar surface area (TPSA) is 23.5 Å². The molecule has 0 bridgehead atoms. The van der Waals surface area contributed by atoms with E-state index in [-0.39, 0.29) is 0 Å². The largest absolute Gasteiger partial charge is 0.507 e. The first kappa shape index (κ1) is 18.5. The Bertz CT molecular complexity index is 719. The van der Waals surface area contributed by atoms with Crippen LogP contribution in [0, 0.1) is 5.41 Å². The van der Waals surface area contributed by atoms with Gasteiger partial charge in [0.05, 0.1) is 10.6 Å². The molecule has 1 aliphatic rings. The lowest BCUT2D eigenvalue weighted by atomic mass is 9.82. The quantitative estimate of drug-likeness (QED) is 0.600. The van der Waals surface area contributed by atoms with Gasteiger partial charge in [0.25, 0.3) is 0 Å². The van der Waals surface area contributed by atoms with Gasteiger partial charge < -0.3 is 10.0 Å². The van der Waals surface area contributed by atoms with Crippen LogP contribution in [0.1, 0.15) is 33.1 Å². The van der Waals surface area contributed by atoms with Gasteiger partial charge in [-0.25, -0.2) is 0 Å².